The highest BCUT2D eigenvalue weighted by Crippen LogP contribution is 2.33. The van der Waals surface area contributed by atoms with Crippen LogP contribution in [0.25, 0.3) is 0 Å². The summed E-state index contributed by atoms with van der Waals surface area (Å²) in [6.45, 7) is 1.73. The van der Waals surface area contributed by atoms with Gasteiger partial charge in [0.25, 0.3) is 0 Å². The lowest BCUT2D eigenvalue weighted by Gasteiger charge is -2.19. The highest BCUT2D eigenvalue weighted by atomic mass is 19.4. The molecule has 198 valence electrons. The molecule has 0 fully saturated rings. The first-order valence-corrected chi connectivity index (χ1v) is 10.8. The van der Waals surface area contributed by atoms with Crippen LogP contribution in [-0.4, -0.2) is 25.8 Å². The third-order valence-electron chi connectivity index (χ3n) is 5.02. The highest BCUT2D eigenvalue weighted by Gasteiger charge is 2.32. The van der Waals surface area contributed by atoms with E-state index in [-0.39, 0.29) is 18.1 Å². The fourth-order valence-electron chi connectivity index (χ4n) is 3.18. The topological polar surface area (TPSA) is 54.0 Å². The Labute approximate surface area is 208 Å². The summed E-state index contributed by atoms with van der Waals surface area (Å²) in [5.41, 5.74) is -1.40. The van der Waals surface area contributed by atoms with E-state index in [1.807, 2.05) is 0 Å². The van der Waals surface area contributed by atoms with Crippen molar-refractivity contribution in [2.24, 2.45) is 0 Å². The molecule has 2 unspecified atom stereocenters. The summed E-state index contributed by atoms with van der Waals surface area (Å²) < 4.78 is 98.4. The normalized spacial score (nSPS) is 13.4. The predicted octanol–water partition coefficient (Wildman–Crippen LogP) is 6.86. The molecule has 0 N–H and O–H groups in total. The average Bonchev–Trinajstić information content (AvgIpc) is 2.85. The van der Waals surface area contributed by atoms with Crippen molar-refractivity contribution in [2.45, 2.75) is 31.5 Å². The van der Waals surface area contributed by atoms with Crippen LogP contribution in [0, 0.1) is 0 Å². The molecular weight excluding hydrogens is 506 g/mol. The van der Waals surface area contributed by atoms with E-state index in [1.54, 1.807) is 6.92 Å². The Morgan fingerprint density at radius 1 is 0.757 bits per heavy atom. The van der Waals surface area contributed by atoms with Gasteiger partial charge in [-0.2, -0.15) is 26.3 Å². The molecule has 2 atom stereocenters. The average molecular weight is 528 g/mol. The van der Waals surface area contributed by atoms with Crippen LogP contribution >= 0.6 is 0 Å². The number of benzene rings is 3. The number of halogens is 6. The number of carbonyl (C=O) groups is 1. The molecular formula is C26H22F6O5. The Balaban J connectivity index is 1.62. The Morgan fingerprint density at radius 3 is 1.92 bits per heavy atom. The first kappa shape index (κ1) is 27.7. The molecule has 0 aliphatic carbocycles. The third-order valence-corrected chi connectivity index (χ3v) is 5.02. The molecule has 0 aliphatic rings. The van der Waals surface area contributed by atoms with Crippen molar-refractivity contribution < 1.29 is 50.1 Å². The molecule has 3 rings (SSSR count). The minimum Gasteiger partial charge on any atom is -0.490 e. The van der Waals surface area contributed by atoms with Crippen molar-refractivity contribution in [3.63, 3.8) is 0 Å². The van der Waals surface area contributed by atoms with E-state index in [1.165, 1.54) is 42.5 Å². The van der Waals surface area contributed by atoms with Gasteiger partial charge >= 0.3 is 18.3 Å². The van der Waals surface area contributed by atoms with Gasteiger partial charge in [-0.3, -0.25) is 0 Å². The highest BCUT2D eigenvalue weighted by molar-refractivity contribution is 5.77. The zero-order chi connectivity index (χ0) is 27.2. The first-order valence-electron chi connectivity index (χ1n) is 10.8. The molecule has 0 heterocycles. The zero-order valence-electron chi connectivity index (χ0n) is 19.6. The van der Waals surface area contributed by atoms with Crippen LogP contribution in [-0.2, 0) is 21.9 Å². The van der Waals surface area contributed by atoms with Gasteiger partial charge in [-0.05, 0) is 61.5 Å². The number of hydrogen-bond donors (Lipinski definition) is 0. The Hall–Kier alpha value is -3.89. The standard InChI is InChI=1S/C26H22F6O5/c1-16(36-21-12-8-18(9-13-21)25(27,28)29)15-35-20-10-6-17(7-11-20)23(24(33)34-2)37-22-5-3-4-19(14-22)26(30,31)32/h3-14,16,23H,15H2,1-2H3. The molecule has 0 spiro atoms. The number of rotatable bonds is 9. The second kappa shape index (κ2) is 11.4. The van der Waals surface area contributed by atoms with Gasteiger partial charge in [0, 0.05) is 5.56 Å². The van der Waals surface area contributed by atoms with E-state index >= 15 is 0 Å². The van der Waals surface area contributed by atoms with Crippen LogP contribution in [0.5, 0.6) is 17.2 Å². The van der Waals surface area contributed by atoms with Gasteiger partial charge in [0.05, 0.1) is 18.2 Å². The van der Waals surface area contributed by atoms with Gasteiger partial charge in [0.15, 0.2) is 0 Å². The SMILES string of the molecule is COC(=O)C(Oc1cccc(C(F)(F)F)c1)c1ccc(OCC(C)Oc2ccc(C(F)(F)F)cc2)cc1. The van der Waals surface area contributed by atoms with Gasteiger partial charge in [-0.25, -0.2) is 4.79 Å². The van der Waals surface area contributed by atoms with Gasteiger partial charge in [0.2, 0.25) is 6.10 Å². The Kier molecular flexibility index (Phi) is 8.57. The summed E-state index contributed by atoms with van der Waals surface area (Å²) >= 11 is 0. The molecule has 37 heavy (non-hydrogen) atoms. The van der Waals surface area contributed by atoms with Crippen molar-refractivity contribution in [1.82, 2.24) is 0 Å². The molecule has 11 heteroatoms. The predicted molar refractivity (Wildman–Crippen MR) is 120 cm³/mol. The molecule has 0 saturated heterocycles. The molecule has 5 nitrogen and oxygen atoms in total. The summed E-state index contributed by atoms with van der Waals surface area (Å²) in [7, 11) is 1.13. The lowest BCUT2D eigenvalue weighted by atomic mass is 10.1. The summed E-state index contributed by atoms with van der Waals surface area (Å²) in [6.07, 6.45) is -10.9. The lowest BCUT2D eigenvalue weighted by molar-refractivity contribution is -0.149. The van der Waals surface area contributed by atoms with Crippen molar-refractivity contribution in [2.75, 3.05) is 13.7 Å². The van der Waals surface area contributed by atoms with Gasteiger partial charge in [0.1, 0.15) is 30.0 Å². The van der Waals surface area contributed by atoms with Gasteiger partial charge < -0.3 is 18.9 Å². The molecule has 0 radical (unpaired) electrons. The smallest absolute Gasteiger partial charge is 0.416 e. The van der Waals surface area contributed by atoms with Crippen LogP contribution in [0.3, 0.4) is 0 Å². The van der Waals surface area contributed by atoms with Crippen molar-refractivity contribution >= 4 is 5.97 Å². The van der Waals surface area contributed by atoms with Crippen molar-refractivity contribution in [3.05, 3.63) is 89.5 Å². The molecule has 0 bridgehead atoms. The summed E-state index contributed by atoms with van der Waals surface area (Å²) in [4.78, 5) is 12.3. The van der Waals surface area contributed by atoms with E-state index in [2.05, 4.69) is 0 Å². The molecule has 0 aliphatic heterocycles. The summed E-state index contributed by atoms with van der Waals surface area (Å²) in [6, 6.07) is 14.4. The van der Waals surface area contributed by atoms with E-state index in [4.69, 9.17) is 18.9 Å². The number of methoxy groups -OCH3 is 1. The van der Waals surface area contributed by atoms with E-state index in [0.29, 0.717) is 11.3 Å². The minimum atomic E-state index is -4.58. The molecule has 3 aromatic rings. The van der Waals surface area contributed by atoms with E-state index in [9.17, 15) is 31.1 Å². The maximum atomic E-state index is 13.0. The quantitative estimate of drug-likeness (QED) is 0.224. The van der Waals surface area contributed by atoms with E-state index < -0.39 is 41.7 Å². The Morgan fingerprint density at radius 2 is 1.35 bits per heavy atom. The zero-order valence-corrected chi connectivity index (χ0v) is 19.6. The molecule has 0 aromatic heterocycles. The van der Waals surface area contributed by atoms with Crippen LogP contribution in [0.15, 0.2) is 72.8 Å². The number of hydrogen-bond acceptors (Lipinski definition) is 5. The number of carbonyl (C=O) groups excluding carboxylic acids is 1. The number of alkyl halides is 6. The second-order valence-corrected chi connectivity index (χ2v) is 7.88. The molecule has 3 aromatic carbocycles. The summed E-state index contributed by atoms with van der Waals surface area (Å²) in [5, 5.41) is 0. The second-order valence-electron chi connectivity index (χ2n) is 7.88. The Bertz CT molecular complexity index is 1170. The van der Waals surface area contributed by atoms with Crippen LogP contribution in [0.1, 0.15) is 29.7 Å². The maximum Gasteiger partial charge on any atom is 0.416 e. The minimum absolute atomic E-state index is 0.0571. The molecule has 0 saturated carbocycles. The fraction of sp³-hybridized carbons (Fsp3) is 0.269. The molecule has 0 amide bonds. The van der Waals surface area contributed by atoms with Crippen LogP contribution in [0.2, 0.25) is 0 Å². The van der Waals surface area contributed by atoms with Crippen molar-refractivity contribution in [1.29, 1.82) is 0 Å². The van der Waals surface area contributed by atoms with Gasteiger partial charge in [-0.15, -0.1) is 0 Å². The number of esters is 1. The van der Waals surface area contributed by atoms with E-state index in [0.717, 1.165) is 37.4 Å². The lowest BCUT2D eigenvalue weighted by Crippen LogP contribution is -2.21. The largest absolute Gasteiger partial charge is 0.490 e. The maximum absolute atomic E-state index is 13.0. The monoisotopic (exact) mass is 528 g/mol. The summed E-state index contributed by atoms with van der Waals surface area (Å²) in [5.74, 6) is -0.356. The van der Waals surface area contributed by atoms with Gasteiger partial charge in [-0.1, -0.05) is 18.2 Å². The first-order chi connectivity index (χ1) is 17.4. The van der Waals surface area contributed by atoms with Crippen LogP contribution < -0.4 is 14.2 Å². The third kappa shape index (κ3) is 7.80. The fourth-order valence-corrected chi connectivity index (χ4v) is 3.18. The number of ether oxygens (including phenoxy) is 4. The van der Waals surface area contributed by atoms with Crippen molar-refractivity contribution in [3.8, 4) is 17.2 Å². The van der Waals surface area contributed by atoms with Crippen LogP contribution in [0.4, 0.5) is 26.3 Å².